The molecule has 3 rings (SSSR count). The van der Waals surface area contributed by atoms with Gasteiger partial charge in [0, 0.05) is 24.7 Å². The number of hydrogen-bond donors (Lipinski definition) is 1. The van der Waals surface area contributed by atoms with Gasteiger partial charge in [-0.25, -0.2) is 0 Å². The minimum atomic E-state index is -0.846. The molecule has 0 radical (unpaired) electrons. The molecule has 23 heavy (non-hydrogen) atoms. The van der Waals surface area contributed by atoms with E-state index in [1.54, 1.807) is 11.8 Å². The quantitative estimate of drug-likeness (QED) is 0.928. The zero-order chi connectivity index (χ0) is 17.0. The number of likely N-dealkylation sites (tertiary alicyclic amines) is 1. The van der Waals surface area contributed by atoms with Crippen LogP contribution in [0.25, 0.3) is 0 Å². The maximum atomic E-state index is 12.8. The summed E-state index contributed by atoms with van der Waals surface area (Å²) in [5.41, 5.74) is 0.552. The van der Waals surface area contributed by atoms with Crippen LogP contribution in [0.1, 0.15) is 69.1 Å². The van der Waals surface area contributed by atoms with Gasteiger partial charge in [-0.2, -0.15) is 5.10 Å². The molecule has 1 aromatic rings. The maximum absolute atomic E-state index is 12.8. The van der Waals surface area contributed by atoms with Gasteiger partial charge in [-0.3, -0.25) is 14.3 Å². The third-order valence-corrected chi connectivity index (χ3v) is 4.86. The molecule has 1 aromatic heterocycles. The number of carboxylic acids is 1. The van der Waals surface area contributed by atoms with Crippen LogP contribution in [0.2, 0.25) is 0 Å². The summed E-state index contributed by atoms with van der Waals surface area (Å²) in [5.74, 6) is -0.488. The highest BCUT2D eigenvalue weighted by molar-refractivity contribution is 5.93. The third-order valence-electron chi connectivity index (χ3n) is 4.86. The molecular formula is C17H25N3O3. The van der Waals surface area contributed by atoms with Crippen LogP contribution in [0.15, 0.2) is 6.07 Å². The summed E-state index contributed by atoms with van der Waals surface area (Å²) in [6.07, 6.45) is 2.79. The summed E-state index contributed by atoms with van der Waals surface area (Å²) in [7, 11) is 0. The van der Waals surface area contributed by atoms with E-state index in [1.165, 1.54) is 0 Å². The number of aromatic nitrogens is 2. The van der Waals surface area contributed by atoms with Gasteiger partial charge in [0.15, 0.2) is 5.69 Å². The molecule has 1 saturated carbocycles. The number of hydrogen-bond acceptors (Lipinski definition) is 3. The largest absolute Gasteiger partial charge is 0.481 e. The summed E-state index contributed by atoms with van der Waals surface area (Å²) < 4.78 is 1.96. The molecule has 2 fully saturated rings. The summed E-state index contributed by atoms with van der Waals surface area (Å²) in [6.45, 7) is 8.67. The molecule has 2 heterocycles. The molecule has 6 nitrogen and oxygen atoms in total. The van der Waals surface area contributed by atoms with Crippen molar-refractivity contribution in [1.82, 2.24) is 14.7 Å². The van der Waals surface area contributed by atoms with E-state index in [1.807, 2.05) is 10.7 Å². The predicted octanol–water partition coefficient (Wildman–Crippen LogP) is 2.45. The van der Waals surface area contributed by atoms with Crippen molar-refractivity contribution in [3.05, 3.63) is 17.5 Å². The van der Waals surface area contributed by atoms with Crippen molar-refractivity contribution in [3.8, 4) is 0 Å². The Morgan fingerprint density at radius 3 is 2.48 bits per heavy atom. The second-order valence-electron chi connectivity index (χ2n) is 8.15. The fourth-order valence-electron chi connectivity index (χ4n) is 3.18. The number of carboxylic acid groups (broad SMARTS) is 1. The Balaban J connectivity index is 1.85. The Bertz CT molecular complexity index is 655. The summed E-state index contributed by atoms with van der Waals surface area (Å²) in [4.78, 5) is 25.7. The number of rotatable bonds is 3. The number of aliphatic carboxylic acids is 1. The van der Waals surface area contributed by atoms with Gasteiger partial charge in [-0.15, -0.1) is 0 Å². The number of carbonyl (C=O) groups excluding carboxylic acids is 1. The van der Waals surface area contributed by atoms with E-state index in [9.17, 15) is 14.7 Å². The molecule has 1 saturated heterocycles. The molecule has 1 aliphatic carbocycles. The second-order valence-corrected chi connectivity index (χ2v) is 8.15. The first-order valence-corrected chi connectivity index (χ1v) is 8.25. The van der Waals surface area contributed by atoms with Crippen LogP contribution in [0.3, 0.4) is 0 Å². The Hall–Kier alpha value is -1.85. The van der Waals surface area contributed by atoms with Crippen LogP contribution >= 0.6 is 0 Å². The maximum Gasteiger partial charge on any atom is 0.311 e. The lowest BCUT2D eigenvalue weighted by Crippen LogP contribution is -2.35. The molecule has 2 aliphatic rings. The van der Waals surface area contributed by atoms with E-state index >= 15 is 0 Å². The molecule has 0 bridgehead atoms. The number of nitrogens with zero attached hydrogens (tertiary/aromatic N) is 3. The summed E-state index contributed by atoms with van der Waals surface area (Å²) in [5, 5.41) is 13.9. The molecule has 1 atom stereocenters. The van der Waals surface area contributed by atoms with Crippen molar-refractivity contribution in [3.63, 3.8) is 0 Å². The van der Waals surface area contributed by atoms with Gasteiger partial charge >= 0.3 is 5.97 Å². The minimum absolute atomic E-state index is 0.153. The van der Waals surface area contributed by atoms with Crippen molar-refractivity contribution < 1.29 is 14.7 Å². The van der Waals surface area contributed by atoms with Crippen LogP contribution in [-0.2, 0) is 10.3 Å². The van der Waals surface area contributed by atoms with E-state index in [2.05, 4.69) is 25.9 Å². The molecular weight excluding hydrogens is 294 g/mol. The lowest BCUT2D eigenvalue weighted by Gasteiger charge is -2.22. The fraction of sp³-hybridized carbons (Fsp3) is 0.706. The van der Waals surface area contributed by atoms with Gasteiger partial charge in [-0.05, 0) is 53.0 Å². The average Bonchev–Trinajstić information content (AvgIpc) is 3.05. The molecule has 0 unspecified atom stereocenters. The average molecular weight is 319 g/mol. The first-order chi connectivity index (χ1) is 10.6. The SMILES string of the molecule is CC(C)(C)n1nc(C(=O)N2CC[C@](C)(C(=O)O)C2)cc1C1CC1. The first kappa shape index (κ1) is 16.0. The highest BCUT2D eigenvalue weighted by Crippen LogP contribution is 2.42. The van der Waals surface area contributed by atoms with E-state index < -0.39 is 11.4 Å². The van der Waals surface area contributed by atoms with Gasteiger partial charge < -0.3 is 10.0 Å². The van der Waals surface area contributed by atoms with Crippen molar-refractivity contribution in [2.24, 2.45) is 5.41 Å². The van der Waals surface area contributed by atoms with Gasteiger partial charge in [0.05, 0.1) is 11.0 Å². The topological polar surface area (TPSA) is 75.4 Å². The first-order valence-electron chi connectivity index (χ1n) is 8.25. The van der Waals surface area contributed by atoms with Crippen molar-refractivity contribution >= 4 is 11.9 Å². The lowest BCUT2D eigenvalue weighted by atomic mass is 9.90. The Morgan fingerprint density at radius 2 is 2.00 bits per heavy atom. The monoisotopic (exact) mass is 319 g/mol. The van der Waals surface area contributed by atoms with Gasteiger partial charge in [0.25, 0.3) is 5.91 Å². The van der Waals surface area contributed by atoms with Crippen molar-refractivity contribution in [1.29, 1.82) is 0 Å². The molecule has 6 heteroatoms. The van der Waals surface area contributed by atoms with E-state index in [-0.39, 0.29) is 18.0 Å². The summed E-state index contributed by atoms with van der Waals surface area (Å²) in [6, 6.07) is 1.90. The molecule has 0 spiro atoms. The number of carbonyl (C=O) groups is 2. The predicted molar refractivity (Wildman–Crippen MR) is 85.5 cm³/mol. The van der Waals surface area contributed by atoms with E-state index in [0.29, 0.717) is 24.6 Å². The van der Waals surface area contributed by atoms with Crippen molar-refractivity contribution in [2.75, 3.05) is 13.1 Å². The molecule has 0 aromatic carbocycles. The zero-order valence-electron chi connectivity index (χ0n) is 14.3. The zero-order valence-corrected chi connectivity index (χ0v) is 14.3. The Labute approximate surface area is 136 Å². The highest BCUT2D eigenvalue weighted by Gasteiger charge is 2.43. The van der Waals surface area contributed by atoms with Crippen LogP contribution in [0.4, 0.5) is 0 Å². The molecule has 1 amide bonds. The Kier molecular flexibility index (Phi) is 3.54. The normalized spacial score (nSPS) is 25.0. The highest BCUT2D eigenvalue weighted by atomic mass is 16.4. The molecule has 1 N–H and O–H groups in total. The van der Waals surface area contributed by atoms with Gasteiger partial charge in [-0.1, -0.05) is 0 Å². The van der Waals surface area contributed by atoms with E-state index in [4.69, 9.17) is 0 Å². The van der Waals surface area contributed by atoms with Gasteiger partial charge in [0.2, 0.25) is 0 Å². The lowest BCUT2D eigenvalue weighted by molar-refractivity contribution is -0.147. The standard InChI is InChI=1S/C17H25N3O3/c1-16(2,3)20-13(11-5-6-11)9-12(18-20)14(21)19-8-7-17(4,10-19)15(22)23/h9,11H,5-8,10H2,1-4H3,(H,22,23)/t17-/m0/s1. The van der Waals surface area contributed by atoms with Crippen LogP contribution in [0, 0.1) is 5.41 Å². The summed E-state index contributed by atoms with van der Waals surface area (Å²) >= 11 is 0. The van der Waals surface area contributed by atoms with Crippen LogP contribution in [0.5, 0.6) is 0 Å². The van der Waals surface area contributed by atoms with Gasteiger partial charge in [0.1, 0.15) is 0 Å². The van der Waals surface area contributed by atoms with Crippen LogP contribution in [-0.4, -0.2) is 44.8 Å². The number of amides is 1. The smallest absolute Gasteiger partial charge is 0.311 e. The third kappa shape index (κ3) is 2.86. The fourth-order valence-corrected chi connectivity index (χ4v) is 3.18. The molecule has 1 aliphatic heterocycles. The minimum Gasteiger partial charge on any atom is -0.481 e. The Morgan fingerprint density at radius 1 is 1.35 bits per heavy atom. The van der Waals surface area contributed by atoms with E-state index in [0.717, 1.165) is 18.5 Å². The second kappa shape index (κ2) is 5.08. The molecule has 126 valence electrons. The van der Waals surface area contributed by atoms with Crippen molar-refractivity contribution in [2.45, 2.75) is 58.4 Å². The van der Waals surface area contributed by atoms with Crippen LogP contribution < -0.4 is 0 Å².